The fourth-order valence-corrected chi connectivity index (χ4v) is 1.80. The Hall–Kier alpha value is -1.75. The van der Waals surface area contributed by atoms with Gasteiger partial charge in [0, 0.05) is 6.42 Å². The average Bonchev–Trinajstić information content (AvgIpc) is 2.42. The number of hydrogen-bond donors (Lipinski definition) is 1. The lowest BCUT2D eigenvalue weighted by Crippen LogP contribution is -1.89. The Morgan fingerprint density at radius 1 is 1.29 bits per heavy atom. The van der Waals surface area contributed by atoms with Gasteiger partial charge in [-0.2, -0.15) is 5.26 Å². The number of aryl methyl sites for hydroxylation is 2. The number of nitrogens with zero attached hydrogens (tertiary/aromatic N) is 1. The van der Waals surface area contributed by atoms with Crippen LogP contribution in [-0.4, -0.2) is 5.11 Å². The second kappa shape index (κ2) is 2.88. The number of aliphatic hydroxyl groups excluding tert-OH is 1. The monoisotopic (exact) mass is 185 g/mol. The summed E-state index contributed by atoms with van der Waals surface area (Å²) < 4.78 is 0. The van der Waals surface area contributed by atoms with Crippen LogP contribution in [0.4, 0.5) is 0 Å². The fourth-order valence-electron chi connectivity index (χ4n) is 1.80. The van der Waals surface area contributed by atoms with Crippen LogP contribution in [0.2, 0.25) is 0 Å². The molecule has 1 N–H and O–H groups in total. The molecule has 0 unspecified atom stereocenters. The minimum absolute atomic E-state index is 0.201. The molecule has 0 bridgehead atoms. The Labute approximate surface area is 83.1 Å². The normalized spacial score (nSPS) is 14.1. The van der Waals surface area contributed by atoms with Crippen LogP contribution >= 0.6 is 0 Å². The number of aliphatic hydroxyl groups is 1. The molecule has 70 valence electrons. The van der Waals surface area contributed by atoms with Crippen LogP contribution in [0, 0.1) is 25.2 Å². The van der Waals surface area contributed by atoms with Crippen molar-refractivity contribution in [2.45, 2.75) is 20.3 Å². The summed E-state index contributed by atoms with van der Waals surface area (Å²) in [5, 5.41) is 18.4. The highest BCUT2D eigenvalue weighted by atomic mass is 16.3. The number of benzene rings is 1. The quantitative estimate of drug-likeness (QED) is 0.675. The predicted octanol–water partition coefficient (Wildman–Crippen LogP) is 2.65. The fraction of sp³-hybridized carbons (Fsp3) is 0.250. The van der Waals surface area contributed by atoms with Gasteiger partial charge in [0.2, 0.25) is 0 Å². The summed E-state index contributed by atoms with van der Waals surface area (Å²) in [5.41, 5.74) is 4.75. The van der Waals surface area contributed by atoms with Gasteiger partial charge in [-0.25, -0.2) is 0 Å². The van der Waals surface area contributed by atoms with E-state index in [0.717, 1.165) is 16.7 Å². The summed E-state index contributed by atoms with van der Waals surface area (Å²) >= 11 is 0. The second-order valence-electron chi connectivity index (χ2n) is 3.70. The Kier molecular flexibility index (Phi) is 1.82. The Balaban J connectivity index is 2.65. The Morgan fingerprint density at radius 2 is 1.93 bits per heavy atom. The SMILES string of the molecule is Cc1cc2c(cc1C)C(C#N)=C(O)C2. The summed E-state index contributed by atoms with van der Waals surface area (Å²) in [7, 11) is 0. The molecule has 1 aliphatic carbocycles. The molecular weight excluding hydrogens is 174 g/mol. The largest absolute Gasteiger partial charge is 0.511 e. The van der Waals surface area contributed by atoms with Crippen LogP contribution in [0.25, 0.3) is 5.57 Å². The van der Waals surface area contributed by atoms with Crippen LogP contribution in [0.15, 0.2) is 17.9 Å². The number of hydrogen-bond acceptors (Lipinski definition) is 2. The summed E-state index contributed by atoms with van der Waals surface area (Å²) in [6.45, 7) is 4.05. The standard InChI is InChI=1S/C12H11NO/c1-7-3-9-5-12(14)11(6-13)10(9)4-8(7)2/h3-4,14H,5H2,1-2H3. The molecule has 14 heavy (non-hydrogen) atoms. The third kappa shape index (κ3) is 1.10. The number of nitriles is 1. The van der Waals surface area contributed by atoms with E-state index in [9.17, 15) is 5.11 Å². The summed E-state index contributed by atoms with van der Waals surface area (Å²) in [4.78, 5) is 0. The van der Waals surface area contributed by atoms with E-state index < -0.39 is 0 Å². The average molecular weight is 185 g/mol. The maximum absolute atomic E-state index is 9.55. The van der Waals surface area contributed by atoms with Crippen LogP contribution in [0.3, 0.4) is 0 Å². The molecule has 0 aliphatic heterocycles. The van der Waals surface area contributed by atoms with E-state index in [1.165, 1.54) is 5.56 Å². The van der Waals surface area contributed by atoms with Gasteiger partial charge < -0.3 is 5.11 Å². The molecule has 0 amide bonds. The third-order valence-electron chi connectivity index (χ3n) is 2.75. The molecule has 0 atom stereocenters. The first kappa shape index (κ1) is 8.83. The van der Waals surface area contributed by atoms with Crippen molar-refractivity contribution < 1.29 is 5.11 Å². The van der Waals surface area contributed by atoms with Gasteiger partial charge in [0.15, 0.2) is 0 Å². The molecule has 0 radical (unpaired) electrons. The van der Waals surface area contributed by atoms with Gasteiger partial charge in [-0.15, -0.1) is 0 Å². The second-order valence-corrected chi connectivity index (χ2v) is 3.70. The molecule has 0 heterocycles. The van der Waals surface area contributed by atoms with Crippen LogP contribution in [-0.2, 0) is 6.42 Å². The molecule has 0 spiro atoms. The third-order valence-corrected chi connectivity index (χ3v) is 2.75. The first-order valence-corrected chi connectivity index (χ1v) is 4.56. The maximum atomic E-state index is 9.55. The van der Waals surface area contributed by atoms with Gasteiger partial charge in [0.1, 0.15) is 11.8 Å². The first-order valence-electron chi connectivity index (χ1n) is 4.56. The summed E-state index contributed by atoms with van der Waals surface area (Å²) in [6, 6.07) is 6.07. The first-order chi connectivity index (χ1) is 6.63. The van der Waals surface area contributed by atoms with Gasteiger partial charge in [-0.05, 0) is 36.1 Å². The minimum Gasteiger partial charge on any atom is -0.511 e. The highest BCUT2D eigenvalue weighted by molar-refractivity contribution is 5.84. The lowest BCUT2D eigenvalue weighted by Gasteiger charge is -2.04. The van der Waals surface area contributed by atoms with E-state index in [0.29, 0.717) is 12.0 Å². The van der Waals surface area contributed by atoms with Crippen molar-refractivity contribution in [3.8, 4) is 6.07 Å². The topological polar surface area (TPSA) is 44.0 Å². The highest BCUT2D eigenvalue weighted by Crippen LogP contribution is 2.32. The van der Waals surface area contributed by atoms with Crippen molar-refractivity contribution in [3.63, 3.8) is 0 Å². The Bertz CT molecular complexity index is 478. The number of rotatable bonds is 0. The molecule has 1 aliphatic rings. The zero-order valence-electron chi connectivity index (χ0n) is 8.26. The van der Waals surface area contributed by atoms with E-state index in [1.54, 1.807) is 0 Å². The van der Waals surface area contributed by atoms with Gasteiger partial charge in [0.25, 0.3) is 0 Å². The number of fused-ring (bicyclic) bond motifs is 1. The van der Waals surface area contributed by atoms with Crippen molar-refractivity contribution >= 4 is 5.57 Å². The van der Waals surface area contributed by atoms with Crippen molar-refractivity contribution in [2.75, 3.05) is 0 Å². The van der Waals surface area contributed by atoms with Crippen LogP contribution in [0.1, 0.15) is 22.3 Å². The molecule has 2 nitrogen and oxygen atoms in total. The maximum Gasteiger partial charge on any atom is 0.115 e. The zero-order chi connectivity index (χ0) is 10.3. The molecule has 2 heteroatoms. The summed E-state index contributed by atoms with van der Waals surface area (Å²) in [5.74, 6) is 0.201. The van der Waals surface area contributed by atoms with E-state index >= 15 is 0 Å². The highest BCUT2D eigenvalue weighted by Gasteiger charge is 2.21. The molecule has 2 rings (SSSR count). The lowest BCUT2D eigenvalue weighted by molar-refractivity contribution is 0.406. The van der Waals surface area contributed by atoms with Gasteiger partial charge in [-0.1, -0.05) is 12.1 Å². The molecule has 0 fully saturated rings. The molecule has 1 aromatic carbocycles. The Morgan fingerprint density at radius 3 is 2.57 bits per heavy atom. The van der Waals surface area contributed by atoms with E-state index in [-0.39, 0.29) is 5.76 Å². The minimum atomic E-state index is 0.201. The van der Waals surface area contributed by atoms with Crippen molar-refractivity contribution in [3.05, 3.63) is 40.1 Å². The molecular formula is C12H11NO. The molecule has 1 aromatic rings. The van der Waals surface area contributed by atoms with Gasteiger partial charge in [-0.3, -0.25) is 0 Å². The number of allylic oxidation sites excluding steroid dienone is 2. The van der Waals surface area contributed by atoms with Gasteiger partial charge >= 0.3 is 0 Å². The smallest absolute Gasteiger partial charge is 0.115 e. The molecule has 0 saturated heterocycles. The van der Waals surface area contributed by atoms with E-state index in [2.05, 4.69) is 0 Å². The van der Waals surface area contributed by atoms with Crippen molar-refractivity contribution in [1.82, 2.24) is 0 Å². The van der Waals surface area contributed by atoms with Crippen molar-refractivity contribution in [2.24, 2.45) is 0 Å². The van der Waals surface area contributed by atoms with E-state index in [1.807, 2.05) is 32.0 Å². The molecule has 0 saturated carbocycles. The molecule has 0 aromatic heterocycles. The summed E-state index contributed by atoms with van der Waals surface area (Å²) in [6.07, 6.45) is 0.499. The van der Waals surface area contributed by atoms with Gasteiger partial charge in [0.05, 0.1) is 5.57 Å². The lowest BCUT2D eigenvalue weighted by atomic mass is 9.99. The van der Waals surface area contributed by atoms with Crippen LogP contribution < -0.4 is 0 Å². The zero-order valence-corrected chi connectivity index (χ0v) is 8.26. The van der Waals surface area contributed by atoms with Crippen LogP contribution in [0.5, 0.6) is 0 Å². The van der Waals surface area contributed by atoms with E-state index in [4.69, 9.17) is 5.26 Å². The van der Waals surface area contributed by atoms with Crippen molar-refractivity contribution in [1.29, 1.82) is 5.26 Å². The predicted molar refractivity (Wildman–Crippen MR) is 54.8 cm³/mol.